The van der Waals surface area contributed by atoms with Crippen LogP contribution in [0, 0.1) is 5.92 Å². The summed E-state index contributed by atoms with van der Waals surface area (Å²) in [5.74, 6) is -1.12. The Balaban J connectivity index is 1.89. The van der Waals surface area contributed by atoms with E-state index in [1.165, 1.54) is 6.92 Å². The first-order chi connectivity index (χ1) is 10.8. The number of ether oxygens (including phenoxy) is 1. The van der Waals surface area contributed by atoms with Crippen molar-refractivity contribution in [3.63, 3.8) is 0 Å². The van der Waals surface area contributed by atoms with Gasteiger partial charge in [-0.2, -0.15) is 13.2 Å². The van der Waals surface area contributed by atoms with Crippen molar-refractivity contribution in [2.45, 2.75) is 44.9 Å². The zero-order valence-corrected chi connectivity index (χ0v) is 12.7. The molecule has 0 aliphatic heterocycles. The Morgan fingerprint density at radius 1 is 1.17 bits per heavy atom. The minimum absolute atomic E-state index is 0.156. The van der Waals surface area contributed by atoms with Crippen molar-refractivity contribution in [2.24, 2.45) is 5.92 Å². The van der Waals surface area contributed by atoms with Gasteiger partial charge in [-0.15, -0.1) is 0 Å². The molecule has 7 heteroatoms. The Morgan fingerprint density at radius 2 is 1.74 bits per heavy atom. The molecule has 1 fully saturated rings. The third-order valence-corrected chi connectivity index (χ3v) is 3.83. The second kappa shape index (κ2) is 7.02. The maximum atomic E-state index is 12.5. The van der Waals surface area contributed by atoms with Crippen LogP contribution in [0.25, 0.3) is 0 Å². The predicted molar refractivity (Wildman–Crippen MR) is 77.6 cm³/mol. The van der Waals surface area contributed by atoms with Crippen LogP contribution in [-0.2, 0) is 20.5 Å². The quantitative estimate of drug-likeness (QED) is 0.856. The first-order valence-electron chi connectivity index (χ1n) is 7.46. The van der Waals surface area contributed by atoms with Crippen molar-refractivity contribution in [3.8, 4) is 0 Å². The standard InChI is InChI=1S/C16H18F3NO3/c1-10(23-15(22)11-4-2-3-5-11)14(21)20-13-8-6-12(7-9-13)16(17,18)19/h6-11H,2-5H2,1H3,(H,20,21)/t10-/m0/s1. The van der Waals surface area contributed by atoms with Crippen LogP contribution in [0.5, 0.6) is 0 Å². The molecular formula is C16H18F3NO3. The van der Waals surface area contributed by atoms with E-state index in [1.54, 1.807) is 0 Å². The summed E-state index contributed by atoms with van der Waals surface area (Å²) < 4.78 is 42.5. The molecule has 1 saturated carbocycles. The van der Waals surface area contributed by atoms with E-state index in [0.717, 1.165) is 49.9 Å². The van der Waals surface area contributed by atoms with Crippen LogP contribution >= 0.6 is 0 Å². The molecule has 0 aromatic heterocycles. The molecule has 1 N–H and O–H groups in total. The van der Waals surface area contributed by atoms with Gasteiger partial charge in [0.1, 0.15) is 0 Å². The molecule has 0 spiro atoms. The molecular weight excluding hydrogens is 311 g/mol. The maximum Gasteiger partial charge on any atom is 0.416 e. The zero-order chi connectivity index (χ0) is 17.0. The number of carbonyl (C=O) groups excluding carboxylic acids is 2. The summed E-state index contributed by atoms with van der Waals surface area (Å²) >= 11 is 0. The molecule has 4 nitrogen and oxygen atoms in total. The Labute approximate surface area is 132 Å². The fourth-order valence-electron chi connectivity index (χ4n) is 2.47. The molecule has 0 unspecified atom stereocenters. The molecule has 1 aliphatic carbocycles. The van der Waals surface area contributed by atoms with E-state index in [0.29, 0.717) is 0 Å². The third-order valence-electron chi connectivity index (χ3n) is 3.83. The Morgan fingerprint density at radius 3 is 2.26 bits per heavy atom. The molecule has 1 aromatic carbocycles. The van der Waals surface area contributed by atoms with Gasteiger partial charge in [0, 0.05) is 5.69 Å². The van der Waals surface area contributed by atoms with Gasteiger partial charge in [0.05, 0.1) is 11.5 Å². The third kappa shape index (κ3) is 4.71. The smallest absolute Gasteiger partial charge is 0.416 e. The number of carbonyl (C=O) groups is 2. The van der Waals surface area contributed by atoms with Gasteiger partial charge >= 0.3 is 12.1 Å². The summed E-state index contributed by atoms with van der Waals surface area (Å²) in [5, 5.41) is 2.43. The number of anilines is 1. The molecule has 2 rings (SSSR count). The van der Waals surface area contributed by atoms with Gasteiger partial charge in [0.15, 0.2) is 6.10 Å². The summed E-state index contributed by atoms with van der Waals surface area (Å²) in [5.41, 5.74) is -0.581. The minimum Gasteiger partial charge on any atom is -0.452 e. The lowest BCUT2D eigenvalue weighted by atomic mass is 10.1. The Kier molecular flexibility index (Phi) is 5.28. The lowest BCUT2D eigenvalue weighted by molar-refractivity contribution is -0.157. The molecule has 1 aliphatic rings. The van der Waals surface area contributed by atoms with Crippen LogP contribution in [-0.4, -0.2) is 18.0 Å². The van der Waals surface area contributed by atoms with E-state index in [-0.39, 0.29) is 11.6 Å². The number of hydrogen-bond donors (Lipinski definition) is 1. The Hall–Kier alpha value is -2.05. The molecule has 126 valence electrons. The summed E-state index contributed by atoms with van der Waals surface area (Å²) in [6.45, 7) is 1.44. The van der Waals surface area contributed by atoms with E-state index in [9.17, 15) is 22.8 Å². The van der Waals surface area contributed by atoms with E-state index >= 15 is 0 Å². The average molecular weight is 329 g/mol. The molecule has 0 bridgehead atoms. The molecule has 0 radical (unpaired) electrons. The molecule has 23 heavy (non-hydrogen) atoms. The second-order valence-corrected chi connectivity index (χ2v) is 5.62. The highest BCUT2D eigenvalue weighted by Crippen LogP contribution is 2.30. The normalized spacial score (nSPS) is 16.9. The molecule has 0 heterocycles. The van der Waals surface area contributed by atoms with Gasteiger partial charge < -0.3 is 10.1 Å². The van der Waals surface area contributed by atoms with Crippen molar-refractivity contribution in [2.75, 3.05) is 5.32 Å². The first kappa shape index (κ1) is 17.3. The van der Waals surface area contributed by atoms with Gasteiger partial charge in [-0.05, 0) is 44.0 Å². The molecule has 1 aromatic rings. The highest BCUT2D eigenvalue weighted by molar-refractivity contribution is 5.95. The van der Waals surface area contributed by atoms with Crippen molar-refractivity contribution in [1.29, 1.82) is 0 Å². The topological polar surface area (TPSA) is 55.4 Å². The summed E-state index contributed by atoms with van der Waals surface area (Å²) in [6, 6.07) is 4.08. The van der Waals surface area contributed by atoms with Crippen LogP contribution in [0.3, 0.4) is 0 Å². The van der Waals surface area contributed by atoms with Gasteiger partial charge in [-0.3, -0.25) is 9.59 Å². The molecule has 1 amide bonds. The SMILES string of the molecule is C[C@H](OC(=O)C1CCCC1)C(=O)Nc1ccc(C(F)(F)F)cc1. The van der Waals surface area contributed by atoms with E-state index in [1.807, 2.05) is 0 Å². The summed E-state index contributed by atoms with van der Waals surface area (Å²) in [7, 11) is 0. The number of benzene rings is 1. The largest absolute Gasteiger partial charge is 0.452 e. The number of rotatable bonds is 4. The fraction of sp³-hybridized carbons (Fsp3) is 0.500. The lowest BCUT2D eigenvalue weighted by Crippen LogP contribution is -2.31. The lowest BCUT2D eigenvalue weighted by Gasteiger charge is -2.16. The van der Waals surface area contributed by atoms with Gasteiger partial charge in [-0.25, -0.2) is 0 Å². The fourth-order valence-corrected chi connectivity index (χ4v) is 2.47. The molecule has 0 saturated heterocycles. The van der Waals surface area contributed by atoms with Crippen molar-refractivity contribution in [1.82, 2.24) is 0 Å². The number of alkyl halides is 3. The number of nitrogens with one attached hydrogen (secondary N) is 1. The number of hydrogen-bond acceptors (Lipinski definition) is 3. The number of esters is 1. The molecule has 1 atom stereocenters. The predicted octanol–water partition coefficient (Wildman–Crippen LogP) is 3.77. The van der Waals surface area contributed by atoms with Gasteiger partial charge in [0.25, 0.3) is 5.91 Å². The van der Waals surface area contributed by atoms with Gasteiger partial charge in [-0.1, -0.05) is 12.8 Å². The Bertz CT molecular complexity index is 563. The number of halogens is 3. The van der Waals surface area contributed by atoms with Crippen LogP contribution in [0.2, 0.25) is 0 Å². The van der Waals surface area contributed by atoms with Crippen LogP contribution < -0.4 is 5.32 Å². The van der Waals surface area contributed by atoms with E-state index < -0.39 is 29.7 Å². The monoisotopic (exact) mass is 329 g/mol. The van der Waals surface area contributed by atoms with E-state index in [4.69, 9.17) is 4.74 Å². The second-order valence-electron chi connectivity index (χ2n) is 5.62. The van der Waals surface area contributed by atoms with Crippen LogP contribution in [0.15, 0.2) is 24.3 Å². The summed E-state index contributed by atoms with van der Waals surface area (Å²) in [6.07, 6.45) is -1.92. The van der Waals surface area contributed by atoms with Crippen molar-refractivity contribution < 1.29 is 27.5 Å². The summed E-state index contributed by atoms with van der Waals surface area (Å²) in [4.78, 5) is 23.8. The zero-order valence-electron chi connectivity index (χ0n) is 12.7. The van der Waals surface area contributed by atoms with E-state index in [2.05, 4.69) is 5.32 Å². The first-order valence-corrected chi connectivity index (χ1v) is 7.46. The highest BCUT2D eigenvalue weighted by Gasteiger charge is 2.30. The average Bonchev–Trinajstić information content (AvgIpc) is 3.01. The van der Waals surface area contributed by atoms with Crippen molar-refractivity contribution in [3.05, 3.63) is 29.8 Å². The van der Waals surface area contributed by atoms with Crippen LogP contribution in [0.4, 0.5) is 18.9 Å². The van der Waals surface area contributed by atoms with Gasteiger partial charge in [0.2, 0.25) is 0 Å². The van der Waals surface area contributed by atoms with Crippen LogP contribution in [0.1, 0.15) is 38.2 Å². The minimum atomic E-state index is -4.42. The highest BCUT2D eigenvalue weighted by atomic mass is 19.4. The number of amides is 1. The van der Waals surface area contributed by atoms with Crippen molar-refractivity contribution >= 4 is 17.6 Å². The maximum absolute atomic E-state index is 12.5.